The summed E-state index contributed by atoms with van der Waals surface area (Å²) in [5, 5.41) is 0. The fraction of sp³-hybridized carbons (Fsp3) is 0.0513. The molecule has 248 valence electrons. The lowest BCUT2D eigenvalue weighted by atomic mass is 10.0. The van der Waals surface area contributed by atoms with Gasteiger partial charge in [-0.3, -0.25) is 0 Å². The summed E-state index contributed by atoms with van der Waals surface area (Å²) in [6.07, 6.45) is 3.13. The molecular formula is C39H25F5N4O2. The third-order valence-electron chi connectivity index (χ3n) is 8.79. The van der Waals surface area contributed by atoms with Crippen LogP contribution in [0, 0.1) is 29.1 Å². The molecule has 8 rings (SSSR count). The van der Waals surface area contributed by atoms with Gasteiger partial charge in [0.2, 0.25) is 5.82 Å². The van der Waals surface area contributed by atoms with Crippen LogP contribution in [-0.4, -0.2) is 34.2 Å². The largest absolute Gasteiger partial charge is 0.497 e. The molecule has 6 nitrogen and oxygen atoms in total. The Balaban J connectivity index is 1.56. The van der Waals surface area contributed by atoms with Crippen LogP contribution in [0.25, 0.3) is 78.6 Å². The highest BCUT2D eigenvalue weighted by Gasteiger charge is 2.29. The summed E-state index contributed by atoms with van der Waals surface area (Å²) >= 11 is 0. The zero-order valence-electron chi connectivity index (χ0n) is 26.4. The van der Waals surface area contributed by atoms with E-state index in [0.29, 0.717) is 44.9 Å². The van der Waals surface area contributed by atoms with Crippen molar-refractivity contribution in [2.45, 2.75) is 0 Å². The Bertz CT molecular complexity index is 2590. The first kappa shape index (κ1) is 30.9. The van der Waals surface area contributed by atoms with Gasteiger partial charge in [-0.15, -0.1) is 0 Å². The van der Waals surface area contributed by atoms with Crippen LogP contribution in [0.4, 0.5) is 22.0 Å². The van der Waals surface area contributed by atoms with Crippen molar-refractivity contribution in [1.82, 2.24) is 19.9 Å². The molecule has 7 aromatic rings. The minimum absolute atomic E-state index is 0.0168. The van der Waals surface area contributed by atoms with Crippen molar-refractivity contribution in [2.75, 3.05) is 14.2 Å². The summed E-state index contributed by atoms with van der Waals surface area (Å²) in [6, 6.07) is 25.4. The average Bonchev–Trinajstić information content (AvgIpc) is 3.98. The Kier molecular flexibility index (Phi) is 7.40. The Morgan fingerprint density at radius 2 is 0.760 bits per heavy atom. The van der Waals surface area contributed by atoms with Crippen molar-refractivity contribution in [3.63, 3.8) is 0 Å². The number of H-pyrrole nitrogens is 3. The highest BCUT2D eigenvalue weighted by atomic mass is 19.2. The first-order valence-electron chi connectivity index (χ1n) is 15.4. The number of aromatic amines is 3. The van der Waals surface area contributed by atoms with E-state index in [4.69, 9.17) is 14.5 Å². The smallest absolute Gasteiger partial charge is 0.200 e. The van der Waals surface area contributed by atoms with Crippen LogP contribution >= 0.6 is 0 Å². The van der Waals surface area contributed by atoms with Crippen molar-refractivity contribution in [3.8, 4) is 44.9 Å². The molecule has 11 heteroatoms. The van der Waals surface area contributed by atoms with Crippen molar-refractivity contribution < 1.29 is 31.4 Å². The second-order valence-corrected chi connectivity index (χ2v) is 11.6. The first-order chi connectivity index (χ1) is 24.2. The molecule has 8 bridgehead atoms. The fourth-order valence-electron chi connectivity index (χ4n) is 6.36. The number of benzene rings is 3. The standard InChI is InChI=1S/C39H25F5N4O2/c1-49-21-7-3-19(4-8-21)31-25-13-11-23(45-25)24-12-14-26(46-24)32(20-5-9-22(50-2)10-6-20)28-16-18-30(48-28)33(29-17-15-27(31)47-29)34-35(40)37(42)39(44)38(43)36(34)41/h3-18,45-47H,1-2H3. The Hall–Kier alpha value is -6.36. The summed E-state index contributed by atoms with van der Waals surface area (Å²) in [7, 11) is 3.11. The number of hydrogen-bond acceptors (Lipinski definition) is 3. The van der Waals surface area contributed by atoms with E-state index in [-0.39, 0.29) is 16.8 Å². The molecule has 0 amide bonds. The molecule has 1 aliphatic heterocycles. The minimum atomic E-state index is -2.25. The molecule has 0 unspecified atom stereocenters. The zero-order valence-corrected chi connectivity index (χ0v) is 26.4. The third kappa shape index (κ3) is 4.97. The lowest BCUT2D eigenvalue weighted by Crippen LogP contribution is -2.05. The molecule has 5 heterocycles. The number of hydrogen-bond donors (Lipinski definition) is 3. The quantitative estimate of drug-likeness (QED) is 0.0965. The van der Waals surface area contributed by atoms with E-state index in [2.05, 4.69) is 15.0 Å². The second kappa shape index (κ2) is 12.0. The summed E-state index contributed by atoms with van der Waals surface area (Å²) in [5.74, 6) is -9.06. The summed E-state index contributed by atoms with van der Waals surface area (Å²) in [6.45, 7) is 0. The Morgan fingerprint density at radius 1 is 0.400 bits per heavy atom. The van der Waals surface area contributed by atoms with Crippen LogP contribution in [0.2, 0.25) is 0 Å². The Labute approximate surface area is 280 Å². The fourth-order valence-corrected chi connectivity index (χ4v) is 6.36. The van der Waals surface area contributed by atoms with E-state index >= 15 is 8.78 Å². The lowest BCUT2D eigenvalue weighted by Gasteiger charge is -2.10. The topological polar surface area (TPSA) is 78.7 Å². The van der Waals surface area contributed by atoms with Gasteiger partial charge in [0.25, 0.3) is 0 Å². The molecule has 0 spiro atoms. The molecular weight excluding hydrogens is 651 g/mol. The van der Waals surface area contributed by atoms with Crippen molar-refractivity contribution in [1.29, 1.82) is 0 Å². The molecule has 3 aromatic carbocycles. The maximum Gasteiger partial charge on any atom is 0.200 e. The maximum atomic E-state index is 15.7. The maximum absolute atomic E-state index is 15.7. The Morgan fingerprint density at radius 3 is 1.24 bits per heavy atom. The molecule has 0 saturated heterocycles. The van der Waals surface area contributed by atoms with Gasteiger partial charge in [0.15, 0.2) is 23.3 Å². The van der Waals surface area contributed by atoms with Crippen molar-refractivity contribution >= 4 is 45.3 Å². The number of halogens is 5. The van der Waals surface area contributed by atoms with E-state index < -0.39 is 34.6 Å². The van der Waals surface area contributed by atoms with Crippen LogP contribution in [0.5, 0.6) is 11.5 Å². The number of nitrogens with one attached hydrogen (secondary N) is 3. The van der Waals surface area contributed by atoms with E-state index in [1.165, 1.54) is 12.1 Å². The summed E-state index contributed by atoms with van der Waals surface area (Å²) in [4.78, 5) is 14.9. The number of fused-ring (bicyclic) bond motifs is 9. The summed E-state index contributed by atoms with van der Waals surface area (Å²) < 4.78 is 85.8. The van der Waals surface area contributed by atoms with E-state index in [1.54, 1.807) is 50.6 Å². The monoisotopic (exact) mass is 676 g/mol. The van der Waals surface area contributed by atoms with Crippen LogP contribution < -0.4 is 9.47 Å². The van der Waals surface area contributed by atoms with Crippen LogP contribution in [0.15, 0.2) is 84.9 Å². The van der Waals surface area contributed by atoms with Gasteiger partial charge in [0, 0.05) is 38.8 Å². The number of methoxy groups -OCH3 is 2. The average molecular weight is 677 g/mol. The highest BCUT2D eigenvalue weighted by molar-refractivity contribution is 5.99. The van der Waals surface area contributed by atoms with Gasteiger partial charge in [-0.05, 0) is 83.9 Å². The van der Waals surface area contributed by atoms with Crippen LogP contribution in [0.3, 0.4) is 0 Å². The predicted molar refractivity (Wildman–Crippen MR) is 184 cm³/mol. The van der Waals surface area contributed by atoms with Gasteiger partial charge in [0.05, 0.1) is 42.2 Å². The van der Waals surface area contributed by atoms with Crippen molar-refractivity contribution in [2.24, 2.45) is 0 Å². The second-order valence-electron chi connectivity index (χ2n) is 11.6. The molecule has 0 saturated carbocycles. The zero-order chi connectivity index (χ0) is 34.7. The van der Waals surface area contributed by atoms with E-state index in [1.807, 2.05) is 48.5 Å². The van der Waals surface area contributed by atoms with Crippen molar-refractivity contribution in [3.05, 3.63) is 125 Å². The normalized spacial score (nSPS) is 11.8. The molecule has 3 N–H and O–H groups in total. The van der Waals surface area contributed by atoms with Gasteiger partial charge in [0.1, 0.15) is 11.5 Å². The van der Waals surface area contributed by atoms with Gasteiger partial charge in [-0.25, -0.2) is 26.9 Å². The number of rotatable bonds is 5. The van der Waals surface area contributed by atoms with Crippen LogP contribution in [0.1, 0.15) is 11.4 Å². The molecule has 1 aliphatic rings. The van der Waals surface area contributed by atoms with Gasteiger partial charge in [-0.2, -0.15) is 0 Å². The molecule has 0 fully saturated rings. The SMILES string of the molecule is COc1ccc(-c2c3nc(c(-c4c(F)c(F)c(F)c(F)c4F)c4ccc([nH]4)c(-c4ccc(OC)cc4)c4ccc([nH]4)c4ccc2[nH]4)C=C3)cc1. The van der Waals surface area contributed by atoms with Crippen LogP contribution in [-0.2, 0) is 0 Å². The molecule has 0 radical (unpaired) electrons. The van der Waals surface area contributed by atoms with Gasteiger partial charge < -0.3 is 24.4 Å². The van der Waals surface area contributed by atoms with Gasteiger partial charge >= 0.3 is 0 Å². The lowest BCUT2D eigenvalue weighted by molar-refractivity contribution is 0.381. The first-order valence-corrected chi connectivity index (χ1v) is 15.4. The van der Waals surface area contributed by atoms with E-state index in [9.17, 15) is 13.2 Å². The summed E-state index contributed by atoms with van der Waals surface area (Å²) in [5.41, 5.74) is 5.22. The van der Waals surface area contributed by atoms with Gasteiger partial charge in [-0.1, -0.05) is 24.3 Å². The molecule has 0 atom stereocenters. The molecule has 0 aliphatic carbocycles. The number of aromatic nitrogens is 4. The third-order valence-corrected chi connectivity index (χ3v) is 8.79. The van der Waals surface area contributed by atoms with E-state index in [0.717, 1.165) is 22.2 Å². The minimum Gasteiger partial charge on any atom is -0.497 e. The highest BCUT2D eigenvalue weighted by Crippen LogP contribution is 2.40. The number of nitrogens with zero attached hydrogens (tertiary/aromatic N) is 1. The number of ether oxygens (including phenoxy) is 2. The predicted octanol–water partition coefficient (Wildman–Crippen LogP) is 10.4. The molecule has 50 heavy (non-hydrogen) atoms. The molecule has 4 aromatic heterocycles.